The second-order valence-electron chi connectivity index (χ2n) is 9.13. The number of terminal acetylenes is 1. The lowest BCUT2D eigenvalue weighted by molar-refractivity contribution is 0.171. The Bertz CT molecular complexity index is 791. The smallest absolute Gasteiger partial charge is 0.149 e. The minimum absolute atomic E-state index is 0.181. The Labute approximate surface area is 203 Å². The number of nitrogens with zero attached hydrogens (tertiary/aromatic N) is 3. The molecule has 3 rings (SSSR count). The van der Waals surface area contributed by atoms with Gasteiger partial charge in [0.2, 0.25) is 0 Å². The standard InChI is InChI=1S/C21H29FN2.C4H11N.C2H4.C2H2/c1-15(2)19-7-5-4-6-18(19)10-8-17-9-11-21(20(22)12-17)24-14-16(3)13-23-24;1-4-5(2)3;2*1-2/h9,11-15,18-19H,4-8,10H2,1-3H3;4H2,1-3H3;1-2H2;1-2H/t18-,19?;;;/m1.../s1. The molecule has 0 radical (unpaired) electrons. The summed E-state index contributed by atoms with van der Waals surface area (Å²) < 4.78 is 16.1. The highest BCUT2D eigenvalue weighted by atomic mass is 19.1. The van der Waals surface area contributed by atoms with Crippen molar-refractivity contribution >= 4 is 0 Å². The number of hydrogen-bond acceptors (Lipinski definition) is 2. The summed E-state index contributed by atoms with van der Waals surface area (Å²) in [7, 11) is 4.11. The molecule has 1 aromatic heterocycles. The monoisotopic (exact) mass is 455 g/mol. The van der Waals surface area contributed by atoms with Gasteiger partial charge >= 0.3 is 0 Å². The second-order valence-corrected chi connectivity index (χ2v) is 9.13. The maximum atomic E-state index is 14.5. The molecule has 184 valence electrons. The summed E-state index contributed by atoms with van der Waals surface area (Å²) in [5.41, 5.74) is 2.67. The summed E-state index contributed by atoms with van der Waals surface area (Å²) in [4.78, 5) is 2.12. The molecule has 1 aliphatic carbocycles. The van der Waals surface area contributed by atoms with Gasteiger partial charge in [0.05, 0.1) is 6.20 Å². The van der Waals surface area contributed by atoms with E-state index in [0.717, 1.165) is 41.8 Å². The van der Waals surface area contributed by atoms with Gasteiger partial charge in [-0.05, 0) is 87.8 Å². The summed E-state index contributed by atoms with van der Waals surface area (Å²) >= 11 is 0. The molecule has 2 atom stereocenters. The quantitative estimate of drug-likeness (QED) is 0.336. The van der Waals surface area contributed by atoms with Crippen LogP contribution in [0.3, 0.4) is 0 Å². The van der Waals surface area contributed by atoms with Gasteiger partial charge in [0, 0.05) is 6.20 Å². The molecule has 33 heavy (non-hydrogen) atoms. The molecule has 0 N–H and O–H groups in total. The van der Waals surface area contributed by atoms with Crippen molar-refractivity contribution in [1.29, 1.82) is 0 Å². The van der Waals surface area contributed by atoms with Crippen LogP contribution < -0.4 is 0 Å². The first-order valence-electron chi connectivity index (χ1n) is 12.1. The van der Waals surface area contributed by atoms with Crippen LogP contribution in [-0.2, 0) is 6.42 Å². The molecule has 1 fully saturated rings. The van der Waals surface area contributed by atoms with Crippen LogP contribution in [0.1, 0.15) is 64.0 Å². The van der Waals surface area contributed by atoms with E-state index in [1.165, 1.54) is 32.1 Å². The molecule has 1 heterocycles. The molecule has 0 amide bonds. The molecule has 0 aliphatic heterocycles. The van der Waals surface area contributed by atoms with E-state index in [9.17, 15) is 4.39 Å². The molecule has 1 aromatic carbocycles. The lowest BCUT2D eigenvalue weighted by atomic mass is 9.71. The predicted molar refractivity (Wildman–Crippen MR) is 142 cm³/mol. The molecule has 2 aromatic rings. The zero-order valence-electron chi connectivity index (χ0n) is 21.9. The van der Waals surface area contributed by atoms with Crippen LogP contribution in [0.15, 0.2) is 43.8 Å². The van der Waals surface area contributed by atoms with E-state index in [-0.39, 0.29) is 5.82 Å². The van der Waals surface area contributed by atoms with Crippen molar-refractivity contribution in [1.82, 2.24) is 14.7 Å². The largest absolute Gasteiger partial charge is 0.310 e. The third-order valence-corrected chi connectivity index (χ3v) is 6.23. The minimum atomic E-state index is -0.181. The van der Waals surface area contributed by atoms with E-state index in [0.29, 0.717) is 5.69 Å². The average molecular weight is 456 g/mol. The van der Waals surface area contributed by atoms with E-state index in [2.05, 4.69) is 76.9 Å². The summed E-state index contributed by atoms with van der Waals surface area (Å²) in [6.07, 6.45) is 19.2. The van der Waals surface area contributed by atoms with Gasteiger partial charge in [-0.15, -0.1) is 26.0 Å². The number of benzene rings is 1. The fourth-order valence-corrected chi connectivity index (χ4v) is 4.26. The van der Waals surface area contributed by atoms with Crippen LogP contribution in [0, 0.1) is 43.3 Å². The highest BCUT2D eigenvalue weighted by molar-refractivity contribution is 5.36. The topological polar surface area (TPSA) is 21.1 Å². The van der Waals surface area contributed by atoms with Gasteiger partial charge in [0.15, 0.2) is 0 Å². The average Bonchev–Trinajstić information content (AvgIpc) is 3.26. The Hall–Kier alpha value is -2.38. The van der Waals surface area contributed by atoms with Gasteiger partial charge in [-0.25, -0.2) is 9.07 Å². The van der Waals surface area contributed by atoms with Crippen molar-refractivity contribution in [2.75, 3.05) is 20.6 Å². The van der Waals surface area contributed by atoms with Crippen molar-refractivity contribution in [3.8, 4) is 18.5 Å². The molecule has 1 unspecified atom stereocenters. The summed E-state index contributed by atoms with van der Waals surface area (Å²) in [5, 5.41) is 4.20. The molecule has 1 aliphatic rings. The first-order chi connectivity index (χ1) is 15.8. The molecule has 0 bridgehead atoms. The predicted octanol–water partition coefficient (Wildman–Crippen LogP) is 7.33. The maximum absolute atomic E-state index is 14.5. The molecule has 4 heteroatoms. The van der Waals surface area contributed by atoms with E-state index in [1.807, 2.05) is 19.2 Å². The fourth-order valence-electron chi connectivity index (χ4n) is 4.26. The number of halogens is 1. The van der Waals surface area contributed by atoms with E-state index < -0.39 is 0 Å². The highest BCUT2D eigenvalue weighted by Crippen LogP contribution is 2.37. The van der Waals surface area contributed by atoms with Crippen molar-refractivity contribution in [2.45, 2.75) is 66.2 Å². The molecule has 0 spiro atoms. The lowest BCUT2D eigenvalue weighted by Crippen LogP contribution is -2.24. The molecular formula is C29H46FN3. The Morgan fingerprint density at radius 2 is 1.79 bits per heavy atom. The van der Waals surface area contributed by atoms with Crippen molar-refractivity contribution in [3.05, 3.63) is 60.7 Å². The third-order valence-electron chi connectivity index (χ3n) is 6.23. The Kier molecular flexibility index (Phi) is 15.9. The second kappa shape index (κ2) is 17.1. The number of rotatable bonds is 6. The number of aryl methyl sites for hydroxylation is 2. The Balaban J connectivity index is 0.000000991. The Morgan fingerprint density at radius 3 is 2.27 bits per heavy atom. The normalized spacial score (nSPS) is 17.2. The van der Waals surface area contributed by atoms with E-state index >= 15 is 0 Å². The number of aromatic nitrogens is 2. The van der Waals surface area contributed by atoms with Crippen LogP contribution in [0.5, 0.6) is 0 Å². The van der Waals surface area contributed by atoms with Gasteiger partial charge in [-0.1, -0.05) is 46.1 Å². The highest BCUT2D eigenvalue weighted by Gasteiger charge is 2.27. The summed E-state index contributed by atoms with van der Waals surface area (Å²) in [6, 6.07) is 5.61. The SMILES string of the molecule is C#C.C=C.CCN(C)C.Cc1cnn(-c2ccc(CC[C@H]3CCCCC3C(C)C)cc2F)c1. The number of hydrogen-bond donors (Lipinski definition) is 0. The van der Waals surface area contributed by atoms with Crippen molar-refractivity contribution < 1.29 is 4.39 Å². The molecule has 3 nitrogen and oxygen atoms in total. The van der Waals surface area contributed by atoms with Gasteiger partial charge in [0.25, 0.3) is 0 Å². The first-order valence-corrected chi connectivity index (χ1v) is 12.1. The third kappa shape index (κ3) is 10.9. The van der Waals surface area contributed by atoms with Gasteiger partial charge < -0.3 is 4.90 Å². The Morgan fingerprint density at radius 1 is 1.18 bits per heavy atom. The zero-order valence-corrected chi connectivity index (χ0v) is 21.9. The van der Waals surface area contributed by atoms with Gasteiger partial charge in [0.1, 0.15) is 11.5 Å². The van der Waals surface area contributed by atoms with Crippen molar-refractivity contribution in [2.24, 2.45) is 17.8 Å². The van der Waals surface area contributed by atoms with Gasteiger partial charge in [-0.2, -0.15) is 5.10 Å². The fraction of sp³-hybridized carbons (Fsp3) is 0.552. The minimum Gasteiger partial charge on any atom is -0.310 e. The summed E-state index contributed by atoms with van der Waals surface area (Å²) in [5.74, 6) is 2.22. The first kappa shape index (κ1) is 30.6. The van der Waals surface area contributed by atoms with E-state index in [1.54, 1.807) is 16.9 Å². The molecule has 0 saturated heterocycles. The molecular weight excluding hydrogens is 409 g/mol. The van der Waals surface area contributed by atoms with Crippen LogP contribution in [0.4, 0.5) is 4.39 Å². The zero-order chi connectivity index (χ0) is 25.4. The van der Waals surface area contributed by atoms with Crippen LogP contribution in [-0.4, -0.2) is 35.3 Å². The molecule has 1 saturated carbocycles. The van der Waals surface area contributed by atoms with Crippen LogP contribution in [0.25, 0.3) is 5.69 Å². The maximum Gasteiger partial charge on any atom is 0.149 e. The lowest BCUT2D eigenvalue weighted by Gasteiger charge is -2.34. The van der Waals surface area contributed by atoms with Crippen molar-refractivity contribution in [3.63, 3.8) is 0 Å². The summed E-state index contributed by atoms with van der Waals surface area (Å²) in [6.45, 7) is 15.9. The van der Waals surface area contributed by atoms with Crippen LogP contribution in [0.2, 0.25) is 0 Å². The van der Waals surface area contributed by atoms with E-state index in [4.69, 9.17) is 0 Å². The van der Waals surface area contributed by atoms with Gasteiger partial charge in [-0.3, -0.25) is 0 Å². The van der Waals surface area contributed by atoms with Crippen LogP contribution >= 0.6 is 0 Å².